The Labute approximate surface area is 153 Å². The van der Waals surface area contributed by atoms with Gasteiger partial charge in [-0.2, -0.15) is 8.42 Å². The average molecular weight is 371 g/mol. The van der Waals surface area contributed by atoms with E-state index in [1.165, 1.54) is 82.4 Å². The molecule has 0 saturated carbocycles. The molecule has 0 heterocycles. The third-order valence-corrected chi connectivity index (χ3v) is 5.50. The second-order valence-electron chi connectivity index (χ2n) is 6.90. The van der Waals surface area contributed by atoms with Crippen molar-refractivity contribution < 1.29 is 18.1 Å². The highest BCUT2D eigenvalue weighted by Crippen LogP contribution is 2.23. The van der Waals surface area contributed by atoms with Crippen LogP contribution in [0.3, 0.4) is 0 Å². The smallest absolute Gasteiger partial charge is 0.294 e. The van der Waals surface area contributed by atoms with E-state index in [2.05, 4.69) is 6.92 Å². The molecular weight excluding hydrogens is 336 g/mol. The first-order valence-corrected chi connectivity index (χ1v) is 11.2. The molecule has 1 rings (SSSR count). The molecule has 0 amide bonds. The van der Waals surface area contributed by atoms with Crippen molar-refractivity contribution in [2.24, 2.45) is 0 Å². The Morgan fingerprint density at radius 3 is 1.76 bits per heavy atom. The fourth-order valence-corrected chi connectivity index (χ4v) is 3.61. The molecule has 2 N–H and O–H groups in total. The van der Waals surface area contributed by atoms with E-state index in [9.17, 15) is 13.5 Å². The summed E-state index contributed by atoms with van der Waals surface area (Å²) in [6.45, 7) is 2.24. The van der Waals surface area contributed by atoms with Crippen LogP contribution in [0.4, 0.5) is 0 Å². The van der Waals surface area contributed by atoms with Crippen LogP contribution in [0.1, 0.15) is 89.5 Å². The van der Waals surface area contributed by atoms with Crippen LogP contribution in [0.5, 0.6) is 5.75 Å². The molecule has 0 aromatic heterocycles. The predicted octanol–water partition coefficient (Wildman–Crippen LogP) is 5.88. The Bertz CT molecular complexity index is 581. The van der Waals surface area contributed by atoms with Gasteiger partial charge in [0.05, 0.1) is 4.90 Å². The van der Waals surface area contributed by atoms with Crippen LogP contribution in [-0.4, -0.2) is 18.1 Å². The standard InChI is InChI=1S/C20H34O4S/c1-2-3-4-5-6-7-8-9-10-11-12-13-14-18-17-19(25(22,23)24)15-16-20(18)21/h15-17,21H,2-14H2,1H3,(H,22,23,24). The van der Waals surface area contributed by atoms with Crippen molar-refractivity contribution >= 4 is 10.1 Å². The molecule has 0 fully saturated rings. The minimum atomic E-state index is -4.21. The fourth-order valence-electron chi connectivity index (χ4n) is 3.08. The quantitative estimate of drug-likeness (QED) is 0.317. The summed E-state index contributed by atoms with van der Waals surface area (Å²) in [4.78, 5) is -0.153. The summed E-state index contributed by atoms with van der Waals surface area (Å²) in [5.74, 6) is 0.0930. The van der Waals surface area contributed by atoms with Gasteiger partial charge < -0.3 is 5.11 Å². The van der Waals surface area contributed by atoms with Crippen molar-refractivity contribution in [1.29, 1.82) is 0 Å². The molecule has 5 heteroatoms. The van der Waals surface area contributed by atoms with Crippen LogP contribution < -0.4 is 0 Å². The molecule has 0 unspecified atom stereocenters. The lowest BCUT2D eigenvalue weighted by atomic mass is 10.0. The maximum Gasteiger partial charge on any atom is 0.294 e. The predicted molar refractivity (Wildman–Crippen MR) is 103 cm³/mol. The first kappa shape index (κ1) is 22.0. The third kappa shape index (κ3) is 9.85. The lowest BCUT2D eigenvalue weighted by Gasteiger charge is -2.07. The Kier molecular flexibility index (Phi) is 10.8. The number of unbranched alkanes of at least 4 members (excludes halogenated alkanes) is 11. The van der Waals surface area contributed by atoms with Gasteiger partial charge in [-0.25, -0.2) is 0 Å². The zero-order valence-corrected chi connectivity index (χ0v) is 16.4. The van der Waals surface area contributed by atoms with Gasteiger partial charge >= 0.3 is 0 Å². The van der Waals surface area contributed by atoms with E-state index in [-0.39, 0.29) is 10.6 Å². The van der Waals surface area contributed by atoms with Crippen molar-refractivity contribution in [3.05, 3.63) is 23.8 Å². The first-order valence-electron chi connectivity index (χ1n) is 9.74. The summed E-state index contributed by atoms with van der Waals surface area (Å²) in [6.07, 6.45) is 15.8. The first-order chi connectivity index (χ1) is 11.9. The molecule has 0 aliphatic rings. The minimum Gasteiger partial charge on any atom is -0.508 e. The molecule has 1 aromatic carbocycles. The lowest BCUT2D eigenvalue weighted by molar-refractivity contribution is 0.463. The summed E-state index contributed by atoms with van der Waals surface area (Å²) in [5.41, 5.74) is 0.585. The van der Waals surface area contributed by atoms with Crippen molar-refractivity contribution in [3.8, 4) is 5.75 Å². The lowest BCUT2D eigenvalue weighted by Crippen LogP contribution is -1.99. The molecule has 25 heavy (non-hydrogen) atoms. The summed E-state index contributed by atoms with van der Waals surface area (Å²) in [5, 5.41) is 9.80. The van der Waals surface area contributed by atoms with E-state index in [1.54, 1.807) is 0 Å². The van der Waals surface area contributed by atoms with E-state index >= 15 is 0 Å². The summed E-state index contributed by atoms with van der Waals surface area (Å²) in [7, 11) is -4.21. The van der Waals surface area contributed by atoms with Gasteiger partial charge in [0.1, 0.15) is 5.75 Å². The van der Waals surface area contributed by atoms with Gasteiger partial charge in [-0.15, -0.1) is 0 Å². The molecule has 0 saturated heterocycles. The van der Waals surface area contributed by atoms with E-state index in [0.29, 0.717) is 12.0 Å². The van der Waals surface area contributed by atoms with Gasteiger partial charge in [0.2, 0.25) is 0 Å². The topological polar surface area (TPSA) is 74.6 Å². The Balaban J connectivity index is 2.10. The van der Waals surface area contributed by atoms with E-state index < -0.39 is 10.1 Å². The number of aryl methyl sites for hydroxylation is 1. The van der Waals surface area contributed by atoms with Gasteiger partial charge in [-0.05, 0) is 36.6 Å². The van der Waals surface area contributed by atoms with Crippen LogP contribution in [0.2, 0.25) is 0 Å². The molecular formula is C20H34O4S. The molecule has 0 spiro atoms. The number of phenols is 1. The maximum atomic E-state index is 11.1. The third-order valence-electron chi connectivity index (χ3n) is 4.65. The van der Waals surface area contributed by atoms with Gasteiger partial charge in [0.15, 0.2) is 0 Å². The number of benzene rings is 1. The molecule has 144 valence electrons. The van der Waals surface area contributed by atoms with Crippen molar-refractivity contribution in [1.82, 2.24) is 0 Å². The van der Waals surface area contributed by atoms with Gasteiger partial charge in [0, 0.05) is 0 Å². The van der Waals surface area contributed by atoms with Crippen LogP contribution in [0.25, 0.3) is 0 Å². The SMILES string of the molecule is CCCCCCCCCCCCCCc1cc(S(=O)(=O)O)ccc1O. The Hall–Kier alpha value is -1.07. The largest absolute Gasteiger partial charge is 0.508 e. The zero-order chi connectivity index (χ0) is 18.5. The average Bonchev–Trinajstić information content (AvgIpc) is 2.56. The van der Waals surface area contributed by atoms with Crippen LogP contribution in [0, 0.1) is 0 Å². The zero-order valence-electron chi connectivity index (χ0n) is 15.5. The Morgan fingerprint density at radius 1 is 0.800 bits per heavy atom. The number of aromatic hydroxyl groups is 1. The summed E-state index contributed by atoms with van der Waals surface area (Å²) in [6, 6.07) is 3.92. The molecule has 0 bridgehead atoms. The van der Waals surface area contributed by atoms with E-state index in [4.69, 9.17) is 4.55 Å². The highest BCUT2D eigenvalue weighted by molar-refractivity contribution is 7.85. The Morgan fingerprint density at radius 2 is 1.28 bits per heavy atom. The molecule has 0 aliphatic carbocycles. The second kappa shape index (κ2) is 12.3. The number of hydrogen-bond donors (Lipinski definition) is 2. The highest BCUT2D eigenvalue weighted by Gasteiger charge is 2.12. The van der Waals surface area contributed by atoms with Gasteiger partial charge in [-0.3, -0.25) is 4.55 Å². The molecule has 0 atom stereocenters. The second-order valence-corrected chi connectivity index (χ2v) is 8.33. The normalized spacial score (nSPS) is 11.8. The van der Waals surface area contributed by atoms with Gasteiger partial charge in [-0.1, -0.05) is 77.6 Å². The molecule has 0 radical (unpaired) electrons. The van der Waals surface area contributed by atoms with Gasteiger partial charge in [0.25, 0.3) is 10.1 Å². The van der Waals surface area contributed by atoms with Crippen LogP contribution in [0.15, 0.2) is 23.1 Å². The van der Waals surface area contributed by atoms with Crippen molar-refractivity contribution in [2.45, 2.75) is 95.3 Å². The van der Waals surface area contributed by atoms with E-state index in [0.717, 1.165) is 12.8 Å². The van der Waals surface area contributed by atoms with Crippen LogP contribution in [-0.2, 0) is 16.5 Å². The molecule has 4 nitrogen and oxygen atoms in total. The van der Waals surface area contributed by atoms with Crippen LogP contribution >= 0.6 is 0 Å². The monoisotopic (exact) mass is 370 g/mol. The van der Waals surface area contributed by atoms with Crippen molar-refractivity contribution in [2.75, 3.05) is 0 Å². The number of hydrogen-bond acceptors (Lipinski definition) is 3. The highest BCUT2D eigenvalue weighted by atomic mass is 32.2. The molecule has 0 aliphatic heterocycles. The number of phenolic OH excluding ortho intramolecular Hbond substituents is 1. The summed E-state index contributed by atoms with van der Waals surface area (Å²) < 4.78 is 31.4. The maximum absolute atomic E-state index is 11.1. The minimum absolute atomic E-state index is 0.0930. The van der Waals surface area contributed by atoms with E-state index in [1.807, 2.05) is 0 Å². The molecule has 1 aromatic rings. The fraction of sp³-hybridized carbons (Fsp3) is 0.700. The van der Waals surface area contributed by atoms with Crippen molar-refractivity contribution in [3.63, 3.8) is 0 Å². The number of rotatable bonds is 14. The summed E-state index contributed by atoms with van der Waals surface area (Å²) >= 11 is 0.